The molecule has 5 heteroatoms. The van der Waals surface area contributed by atoms with Crippen LogP contribution in [-0.2, 0) is 6.42 Å². The van der Waals surface area contributed by atoms with Gasteiger partial charge in [-0.15, -0.1) is 0 Å². The van der Waals surface area contributed by atoms with Gasteiger partial charge in [0.25, 0.3) is 5.91 Å². The smallest absolute Gasteiger partial charge is 0.270 e. The van der Waals surface area contributed by atoms with Crippen LogP contribution >= 0.6 is 0 Å². The van der Waals surface area contributed by atoms with Crippen LogP contribution in [0, 0.1) is 6.92 Å². The number of aryl methyl sites for hydroxylation is 1. The van der Waals surface area contributed by atoms with Crippen molar-refractivity contribution in [2.75, 3.05) is 0 Å². The summed E-state index contributed by atoms with van der Waals surface area (Å²) in [6.45, 7) is 3.83. The summed E-state index contributed by atoms with van der Waals surface area (Å²) in [7, 11) is 0. The largest absolute Gasteiger partial charge is 0.472 e. The van der Waals surface area contributed by atoms with Crippen LogP contribution in [0.1, 0.15) is 28.7 Å². The average Bonchev–Trinajstić information content (AvgIpc) is 3.04. The van der Waals surface area contributed by atoms with E-state index in [0.717, 1.165) is 23.3 Å². The molecule has 3 aromatic rings. The van der Waals surface area contributed by atoms with E-state index in [9.17, 15) is 4.79 Å². The summed E-state index contributed by atoms with van der Waals surface area (Å²) in [6, 6.07) is 7.61. The maximum atomic E-state index is 12.5. The second kappa shape index (κ2) is 5.44. The van der Waals surface area contributed by atoms with Gasteiger partial charge in [0.1, 0.15) is 11.3 Å². The van der Waals surface area contributed by atoms with Gasteiger partial charge in [-0.25, -0.2) is 4.98 Å². The maximum absolute atomic E-state index is 12.5. The molecule has 0 spiro atoms. The van der Waals surface area contributed by atoms with Crippen LogP contribution in [-0.4, -0.2) is 21.3 Å². The molecule has 0 fully saturated rings. The third-order valence-corrected chi connectivity index (χ3v) is 3.42. The van der Waals surface area contributed by atoms with Gasteiger partial charge in [-0.2, -0.15) is 0 Å². The Morgan fingerprint density at radius 3 is 3.05 bits per heavy atom. The highest BCUT2D eigenvalue weighted by Crippen LogP contribution is 2.12. The molecule has 0 radical (unpaired) electrons. The van der Waals surface area contributed by atoms with Gasteiger partial charge in [-0.05, 0) is 44.0 Å². The van der Waals surface area contributed by atoms with Crippen molar-refractivity contribution in [1.29, 1.82) is 0 Å². The van der Waals surface area contributed by atoms with Crippen molar-refractivity contribution < 1.29 is 9.21 Å². The number of amides is 1. The van der Waals surface area contributed by atoms with Crippen molar-refractivity contribution in [3.8, 4) is 0 Å². The van der Waals surface area contributed by atoms with Crippen molar-refractivity contribution >= 4 is 11.6 Å². The molecule has 5 nitrogen and oxygen atoms in total. The first-order chi connectivity index (χ1) is 10.1. The summed E-state index contributed by atoms with van der Waals surface area (Å²) in [6.07, 6.45) is 5.92. The minimum absolute atomic E-state index is 0.0174. The monoisotopic (exact) mass is 283 g/mol. The van der Waals surface area contributed by atoms with Crippen molar-refractivity contribution in [2.45, 2.75) is 26.3 Å². The van der Waals surface area contributed by atoms with E-state index in [4.69, 9.17) is 4.42 Å². The Balaban J connectivity index is 1.79. The number of carbonyl (C=O) groups excluding carboxylic acids is 1. The number of fused-ring (bicyclic) bond motifs is 1. The lowest BCUT2D eigenvalue weighted by Gasteiger charge is -2.13. The summed E-state index contributed by atoms with van der Waals surface area (Å²) in [5.74, 6) is -0.109. The fourth-order valence-electron chi connectivity index (χ4n) is 2.49. The molecular weight excluding hydrogens is 266 g/mol. The van der Waals surface area contributed by atoms with E-state index in [1.165, 1.54) is 0 Å². The highest BCUT2D eigenvalue weighted by atomic mass is 16.3. The van der Waals surface area contributed by atoms with Crippen LogP contribution in [0.3, 0.4) is 0 Å². The second-order valence-corrected chi connectivity index (χ2v) is 5.18. The lowest BCUT2D eigenvalue weighted by atomic mass is 10.1. The fraction of sp³-hybridized carbons (Fsp3) is 0.250. The van der Waals surface area contributed by atoms with Crippen molar-refractivity contribution in [3.63, 3.8) is 0 Å². The summed E-state index contributed by atoms with van der Waals surface area (Å²) >= 11 is 0. The zero-order chi connectivity index (χ0) is 14.8. The Hall–Kier alpha value is -2.56. The van der Waals surface area contributed by atoms with Crippen LogP contribution in [0.15, 0.2) is 47.4 Å². The quantitative estimate of drug-likeness (QED) is 0.800. The number of hydrogen-bond acceptors (Lipinski definition) is 3. The average molecular weight is 283 g/mol. The van der Waals surface area contributed by atoms with Crippen LogP contribution in [0.5, 0.6) is 0 Å². The highest BCUT2D eigenvalue weighted by molar-refractivity contribution is 5.94. The fourth-order valence-corrected chi connectivity index (χ4v) is 2.49. The summed E-state index contributed by atoms with van der Waals surface area (Å²) in [4.78, 5) is 16.9. The number of furan rings is 1. The number of hydrogen-bond donors (Lipinski definition) is 1. The summed E-state index contributed by atoms with van der Waals surface area (Å²) < 4.78 is 6.86. The van der Waals surface area contributed by atoms with Gasteiger partial charge in [0.2, 0.25) is 0 Å². The number of rotatable bonds is 4. The number of pyridine rings is 1. The zero-order valence-corrected chi connectivity index (χ0v) is 12.0. The van der Waals surface area contributed by atoms with Gasteiger partial charge >= 0.3 is 0 Å². The lowest BCUT2D eigenvalue weighted by molar-refractivity contribution is 0.0933. The SMILES string of the molecule is Cc1nc2ccccn2c1C(=O)NC(C)Cc1ccoc1. The molecule has 1 amide bonds. The first-order valence-corrected chi connectivity index (χ1v) is 6.91. The number of nitrogens with zero attached hydrogens (tertiary/aromatic N) is 2. The van der Waals surface area contributed by atoms with E-state index in [1.54, 1.807) is 12.5 Å². The molecule has 21 heavy (non-hydrogen) atoms. The standard InChI is InChI=1S/C16H17N3O2/c1-11(9-13-6-8-21-10-13)17-16(20)15-12(2)18-14-5-3-4-7-19(14)15/h3-8,10-11H,9H2,1-2H3,(H,17,20). The number of nitrogens with one attached hydrogen (secondary N) is 1. The number of imidazole rings is 1. The Labute approximate surface area is 122 Å². The Kier molecular flexibility index (Phi) is 3.48. The van der Waals surface area contributed by atoms with Crippen LogP contribution < -0.4 is 5.32 Å². The molecule has 0 saturated carbocycles. The van der Waals surface area contributed by atoms with E-state index in [0.29, 0.717) is 5.69 Å². The molecule has 0 aliphatic carbocycles. The normalized spacial score (nSPS) is 12.5. The molecule has 0 bridgehead atoms. The van der Waals surface area contributed by atoms with Gasteiger partial charge in [0.15, 0.2) is 0 Å². The Bertz CT molecular complexity index is 759. The Morgan fingerprint density at radius 2 is 2.29 bits per heavy atom. The van der Waals surface area contributed by atoms with Crippen LogP contribution in [0.2, 0.25) is 0 Å². The van der Waals surface area contributed by atoms with Gasteiger partial charge in [0.05, 0.1) is 18.2 Å². The van der Waals surface area contributed by atoms with Gasteiger partial charge in [-0.3, -0.25) is 9.20 Å². The molecule has 108 valence electrons. The predicted octanol–water partition coefficient (Wildman–Crippen LogP) is 2.60. The minimum Gasteiger partial charge on any atom is -0.472 e. The molecule has 1 N–H and O–H groups in total. The van der Waals surface area contributed by atoms with Crippen molar-refractivity contribution in [1.82, 2.24) is 14.7 Å². The third kappa shape index (κ3) is 2.67. The molecule has 3 aromatic heterocycles. The number of carbonyl (C=O) groups is 1. The highest BCUT2D eigenvalue weighted by Gasteiger charge is 2.18. The summed E-state index contributed by atoms with van der Waals surface area (Å²) in [5, 5.41) is 3.01. The maximum Gasteiger partial charge on any atom is 0.270 e. The molecular formula is C16H17N3O2. The molecule has 1 unspecified atom stereocenters. The Morgan fingerprint density at radius 1 is 1.43 bits per heavy atom. The molecule has 0 aliphatic rings. The van der Waals surface area contributed by atoms with Crippen molar-refractivity contribution in [2.24, 2.45) is 0 Å². The topological polar surface area (TPSA) is 59.5 Å². The van der Waals surface area contributed by atoms with E-state index in [-0.39, 0.29) is 11.9 Å². The summed E-state index contributed by atoms with van der Waals surface area (Å²) in [5.41, 5.74) is 3.17. The second-order valence-electron chi connectivity index (χ2n) is 5.18. The zero-order valence-electron chi connectivity index (χ0n) is 12.0. The molecule has 0 saturated heterocycles. The molecule has 0 aliphatic heterocycles. The van der Waals surface area contributed by atoms with Gasteiger partial charge in [-0.1, -0.05) is 6.07 Å². The molecule has 0 aromatic carbocycles. The van der Waals surface area contributed by atoms with Gasteiger partial charge in [0, 0.05) is 12.2 Å². The van der Waals surface area contributed by atoms with E-state index in [2.05, 4.69) is 10.3 Å². The van der Waals surface area contributed by atoms with Gasteiger partial charge < -0.3 is 9.73 Å². The first-order valence-electron chi connectivity index (χ1n) is 6.91. The van der Waals surface area contributed by atoms with Crippen LogP contribution in [0.4, 0.5) is 0 Å². The third-order valence-electron chi connectivity index (χ3n) is 3.42. The molecule has 3 rings (SSSR count). The lowest BCUT2D eigenvalue weighted by Crippen LogP contribution is -2.35. The van der Waals surface area contributed by atoms with E-state index < -0.39 is 0 Å². The first kappa shape index (κ1) is 13.4. The van der Waals surface area contributed by atoms with E-state index in [1.807, 2.05) is 48.7 Å². The van der Waals surface area contributed by atoms with Crippen molar-refractivity contribution in [3.05, 3.63) is 59.9 Å². The number of aromatic nitrogens is 2. The van der Waals surface area contributed by atoms with Crippen LogP contribution in [0.25, 0.3) is 5.65 Å². The molecule has 3 heterocycles. The van der Waals surface area contributed by atoms with E-state index >= 15 is 0 Å². The molecule has 1 atom stereocenters. The predicted molar refractivity (Wildman–Crippen MR) is 79.3 cm³/mol. The minimum atomic E-state index is -0.109.